The van der Waals surface area contributed by atoms with Crippen LogP contribution in [0.3, 0.4) is 0 Å². The Morgan fingerprint density at radius 2 is 2.00 bits per heavy atom. The third-order valence-corrected chi connectivity index (χ3v) is 3.93. The second-order valence-corrected chi connectivity index (χ2v) is 5.50. The number of nitrogens with two attached hydrogens (primary N) is 1. The Balaban J connectivity index is 2.74. The highest BCUT2D eigenvalue weighted by Gasteiger charge is 2.09. The molecule has 4 N–H and O–H groups in total. The van der Waals surface area contributed by atoms with Crippen LogP contribution in [-0.4, -0.2) is 28.0 Å². The SMILES string of the molecule is CCc1nc(NN)c(C)c(NCCC(C)SC)n1. The molecule has 0 aliphatic heterocycles. The molecule has 1 heterocycles. The number of thioether (sulfide) groups is 1. The monoisotopic (exact) mass is 269 g/mol. The van der Waals surface area contributed by atoms with Crippen molar-refractivity contribution in [3.63, 3.8) is 0 Å². The number of anilines is 2. The maximum Gasteiger partial charge on any atom is 0.148 e. The average Bonchev–Trinajstić information content (AvgIpc) is 2.40. The van der Waals surface area contributed by atoms with E-state index in [1.807, 2.05) is 25.6 Å². The fourth-order valence-electron chi connectivity index (χ4n) is 1.55. The zero-order valence-electron chi connectivity index (χ0n) is 11.6. The summed E-state index contributed by atoms with van der Waals surface area (Å²) in [7, 11) is 0. The van der Waals surface area contributed by atoms with Crippen molar-refractivity contribution in [1.82, 2.24) is 9.97 Å². The van der Waals surface area contributed by atoms with Crippen LogP contribution in [0.4, 0.5) is 11.6 Å². The van der Waals surface area contributed by atoms with Crippen LogP contribution < -0.4 is 16.6 Å². The molecule has 1 rings (SSSR count). The highest BCUT2D eigenvalue weighted by Crippen LogP contribution is 2.19. The molecule has 0 bridgehead atoms. The first-order valence-corrected chi connectivity index (χ1v) is 7.51. The quantitative estimate of drug-likeness (QED) is 0.520. The summed E-state index contributed by atoms with van der Waals surface area (Å²) in [6.07, 6.45) is 4.04. The predicted octanol–water partition coefficient (Wildman–Crippen LogP) is 2.19. The van der Waals surface area contributed by atoms with Gasteiger partial charge in [0.2, 0.25) is 0 Å². The van der Waals surface area contributed by atoms with Gasteiger partial charge in [-0.1, -0.05) is 13.8 Å². The molecule has 0 fully saturated rings. The average molecular weight is 269 g/mol. The van der Waals surface area contributed by atoms with Gasteiger partial charge in [-0.2, -0.15) is 11.8 Å². The van der Waals surface area contributed by atoms with E-state index >= 15 is 0 Å². The standard InChI is InChI=1S/C12H23N5S/c1-5-10-15-11(9(3)12(16-10)17-13)14-7-6-8(2)18-4/h8H,5-7,13H2,1-4H3,(H2,14,15,16,17). The maximum absolute atomic E-state index is 5.47. The van der Waals surface area contributed by atoms with E-state index < -0.39 is 0 Å². The lowest BCUT2D eigenvalue weighted by atomic mass is 10.2. The zero-order valence-corrected chi connectivity index (χ0v) is 12.4. The van der Waals surface area contributed by atoms with Crippen molar-refractivity contribution in [3.05, 3.63) is 11.4 Å². The summed E-state index contributed by atoms with van der Waals surface area (Å²) in [5, 5.41) is 4.02. The van der Waals surface area contributed by atoms with E-state index in [1.165, 1.54) is 0 Å². The number of nitrogens with zero attached hydrogens (tertiary/aromatic N) is 2. The smallest absolute Gasteiger partial charge is 0.148 e. The molecule has 6 heteroatoms. The van der Waals surface area contributed by atoms with Crippen LogP contribution in [0, 0.1) is 6.92 Å². The van der Waals surface area contributed by atoms with Crippen LogP contribution in [-0.2, 0) is 6.42 Å². The van der Waals surface area contributed by atoms with Crippen LogP contribution >= 0.6 is 11.8 Å². The van der Waals surface area contributed by atoms with Gasteiger partial charge in [-0.15, -0.1) is 0 Å². The molecule has 0 aliphatic rings. The van der Waals surface area contributed by atoms with E-state index in [0.29, 0.717) is 11.1 Å². The van der Waals surface area contributed by atoms with Gasteiger partial charge < -0.3 is 10.7 Å². The van der Waals surface area contributed by atoms with Gasteiger partial charge in [0.1, 0.15) is 17.5 Å². The molecule has 5 nitrogen and oxygen atoms in total. The van der Waals surface area contributed by atoms with E-state index in [2.05, 4.69) is 33.9 Å². The van der Waals surface area contributed by atoms with Gasteiger partial charge in [0, 0.05) is 23.8 Å². The summed E-state index contributed by atoms with van der Waals surface area (Å²) in [6, 6.07) is 0. The molecule has 0 spiro atoms. The van der Waals surface area contributed by atoms with E-state index in [4.69, 9.17) is 5.84 Å². The van der Waals surface area contributed by atoms with Crippen molar-refractivity contribution in [2.24, 2.45) is 5.84 Å². The minimum Gasteiger partial charge on any atom is -0.370 e. The molecule has 18 heavy (non-hydrogen) atoms. The molecule has 0 saturated carbocycles. The summed E-state index contributed by atoms with van der Waals surface area (Å²) < 4.78 is 0. The van der Waals surface area contributed by atoms with Crippen molar-refractivity contribution < 1.29 is 0 Å². The van der Waals surface area contributed by atoms with Gasteiger partial charge in [0.15, 0.2) is 0 Å². The topological polar surface area (TPSA) is 75.9 Å². The Labute approximate surface area is 113 Å². The third kappa shape index (κ3) is 4.03. The summed E-state index contributed by atoms with van der Waals surface area (Å²) in [4.78, 5) is 8.84. The molecule has 1 atom stereocenters. The minimum absolute atomic E-state index is 0.650. The number of nitrogens with one attached hydrogen (secondary N) is 2. The molecule has 0 radical (unpaired) electrons. The predicted molar refractivity (Wildman–Crippen MR) is 80.0 cm³/mol. The number of hydrogen-bond donors (Lipinski definition) is 3. The molecule has 0 aromatic carbocycles. The highest BCUT2D eigenvalue weighted by atomic mass is 32.2. The first-order chi connectivity index (χ1) is 8.62. The molecule has 1 unspecified atom stereocenters. The van der Waals surface area contributed by atoms with Gasteiger partial charge in [-0.05, 0) is 19.6 Å². The number of nitrogen functional groups attached to an aromatic ring is 1. The summed E-state index contributed by atoms with van der Waals surface area (Å²) in [6.45, 7) is 7.13. The number of rotatable bonds is 7. The second kappa shape index (κ2) is 7.43. The van der Waals surface area contributed by atoms with Gasteiger partial charge in [0.05, 0.1) is 0 Å². The lowest BCUT2D eigenvalue weighted by Gasteiger charge is -2.14. The molecular formula is C12H23N5S. The number of aromatic nitrogens is 2. The fraction of sp³-hybridized carbons (Fsp3) is 0.667. The normalized spacial score (nSPS) is 12.3. The first kappa shape index (κ1) is 15.0. The molecule has 102 valence electrons. The number of hydrazine groups is 1. The largest absolute Gasteiger partial charge is 0.370 e. The highest BCUT2D eigenvalue weighted by molar-refractivity contribution is 7.99. The van der Waals surface area contributed by atoms with Crippen molar-refractivity contribution in [2.75, 3.05) is 23.5 Å². The second-order valence-electron chi connectivity index (χ2n) is 4.22. The van der Waals surface area contributed by atoms with Gasteiger partial charge >= 0.3 is 0 Å². The lowest BCUT2D eigenvalue weighted by Crippen LogP contribution is -2.16. The first-order valence-electron chi connectivity index (χ1n) is 6.23. The van der Waals surface area contributed by atoms with Crippen molar-refractivity contribution in [1.29, 1.82) is 0 Å². The van der Waals surface area contributed by atoms with E-state index in [-0.39, 0.29) is 0 Å². The zero-order chi connectivity index (χ0) is 13.5. The molecule has 0 aliphatic carbocycles. The molecule has 1 aromatic rings. The molecule has 0 amide bonds. The van der Waals surface area contributed by atoms with Gasteiger partial charge in [-0.25, -0.2) is 15.8 Å². The van der Waals surface area contributed by atoms with Crippen molar-refractivity contribution in [3.8, 4) is 0 Å². The molecule has 1 aromatic heterocycles. The molecular weight excluding hydrogens is 246 g/mol. The van der Waals surface area contributed by atoms with E-state index in [9.17, 15) is 0 Å². The van der Waals surface area contributed by atoms with Gasteiger partial charge in [0.25, 0.3) is 0 Å². The van der Waals surface area contributed by atoms with Crippen molar-refractivity contribution in [2.45, 2.75) is 38.9 Å². The third-order valence-electron chi connectivity index (χ3n) is 2.89. The minimum atomic E-state index is 0.650. The number of aryl methyl sites for hydroxylation is 1. The number of hydrogen-bond acceptors (Lipinski definition) is 6. The van der Waals surface area contributed by atoms with Crippen LogP contribution in [0.15, 0.2) is 0 Å². The van der Waals surface area contributed by atoms with Crippen molar-refractivity contribution >= 4 is 23.4 Å². The summed E-state index contributed by atoms with van der Waals surface area (Å²) >= 11 is 1.87. The van der Waals surface area contributed by atoms with Crippen LogP contribution in [0.25, 0.3) is 0 Å². The van der Waals surface area contributed by atoms with Crippen LogP contribution in [0.5, 0.6) is 0 Å². The van der Waals surface area contributed by atoms with E-state index in [0.717, 1.165) is 36.6 Å². The van der Waals surface area contributed by atoms with Crippen LogP contribution in [0.1, 0.15) is 31.7 Å². The van der Waals surface area contributed by atoms with Crippen LogP contribution in [0.2, 0.25) is 0 Å². The van der Waals surface area contributed by atoms with E-state index in [1.54, 1.807) is 0 Å². The molecule has 0 saturated heterocycles. The summed E-state index contributed by atoms with van der Waals surface area (Å²) in [5.74, 6) is 7.84. The Hall–Kier alpha value is -1.01. The fourth-order valence-corrected chi connectivity index (χ4v) is 1.90. The van der Waals surface area contributed by atoms with Gasteiger partial charge in [-0.3, -0.25) is 0 Å². The Bertz CT molecular complexity index is 383. The Morgan fingerprint density at radius 3 is 2.56 bits per heavy atom. The Morgan fingerprint density at radius 1 is 1.33 bits per heavy atom. The Kier molecular flexibility index (Phi) is 6.21. The maximum atomic E-state index is 5.47. The lowest BCUT2D eigenvalue weighted by molar-refractivity contribution is 0.841. The summed E-state index contributed by atoms with van der Waals surface area (Å²) in [5.41, 5.74) is 3.59.